The predicted molar refractivity (Wildman–Crippen MR) is 84.4 cm³/mol. The van der Waals surface area contributed by atoms with Gasteiger partial charge in [-0.3, -0.25) is 0 Å². The van der Waals surface area contributed by atoms with Gasteiger partial charge in [0.2, 0.25) is 0 Å². The smallest absolute Gasteiger partial charge is 0.204 e. The second-order valence-corrected chi connectivity index (χ2v) is 7.12. The van der Waals surface area contributed by atoms with E-state index in [0.29, 0.717) is 0 Å². The summed E-state index contributed by atoms with van der Waals surface area (Å²) in [6.07, 6.45) is 0. The van der Waals surface area contributed by atoms with Crippen LogP contribution in [0.5, 0.6) is 0 Å². The number of halogens is 12. The van der Waals surface area contributed by atoms with Crippen molar-refractivity contribution in [3.05, 3.63) is 86.5 Å². The molecule has 3 aliphatic heterocycles. The lowest BCUT2D eigenvalue weighted by Gasteiger charge is -2.41. The molecule has 0 amide bonds. The third-order valence-electron chi connectivity index (χ3n) is 5.76. The number of rotatable bonds is 0. The zero-order chi connectivity index (χ0) is 23.5. The molecule has 0 nitrogen and oxygen atoms in total. The van der Waals surface area contributed by atoms with Gasteiger partial charge in [0.1, 0.15) is 0 Å². The fraction of sp³-hybridized carbons (Fsp3) is 0.0526. The Kier molecular flexibility index (Phi) is 4.04. The van der Waals surface area contributed by atoms with E-state index in [2.05, 4.69) is 0 Å². The Hall–Kier alpha value is -3.12. The van der Waals surface area contributed by atoms with Crippen molar-refractivity contribution < 1.29 is 52.7 Å². The van der Waals surface area contributed by atoms with E-state index < -0.39 is 116 Å². The minimum absolute atomic E-state index is 1.43. The molecule has 6 rings (SSSR count). The summed E-state index contributed by atoms with van der Waals surface area (Å²) >= 11 is 0. The first-order chi connectivity index (χ1) is 14.9. The van der Waals surface area contributed by atoms with Crippen LogP contribution in [-0.4, -0.2) is 6.71 Å². The lowest BCUT2D eigenvalue weighted by atomic mass is 9.28. The summed E-state index contributed by atoms with van der Waals surface area (Å²) in [6, 6.07) is 0. The molecule has 3 heterocycles. The lowest BCUT2D eigenvalue weighted by molar-refractivity contribution is 0.390. The quantitative estimate of drug-likeness (QED) is 0.141. The summed E-state index contributed by atoms with van der Waals surface area (Å²) in [4.78, 5) is 0. The summed E-state index contributed by atoms with van der Waals surface area (Å²) in [7, 11) is 0. The Balaban J connectivity index is 2.09. The molecule has 0 radical (unpaired) electrons. The normalized spacial score (nSPS) is 14.1. The van der Waals surface area contributed by atoms with Crippen LogP contribution in [0.3, 0.4) is 0 Å². The molecule has 0 fully saturated rings. The highest BCUT2D eigenvalue weighted by Gasteiger charge is 2.55. The fourth-order valence-corrected chi connectivity index (χ4v) is 4.56. The molecule has 0 unspecified atom stereocenters. The first-order valence-electron chi connectivity index (χ1n) is 8.50. The molecule has 164 valence electrons. The molecule has 0 saturated carbocycles. The Bertz CT molecular complexity index is 1140. The van der Waals surface area contributed by atoms with Crippen molar-refractivity contribution in [3.8, 4) is 0 Å². The van der Waals surface area contributed by atoms with E-state index in [4.69, 9.17) is 0 Å². The zero-order valence-electron chi connectivity index (χ0n) is 14.7. The SMILES string of the molecule is Fc1c(F)c(F)c2c(c1F)B1c3c(F)c(F)c(F)c(F)c3C2c2c(F)c(F)c(F)c(F)c21. The molecular formula is C19HBF12. The van der Waals surface area contributed by atoms with Crippen molar-refractivity contribution in [1.82, 2.24) is 0 Å². The monoisotopic (exact) mass is 468 g/mol. The Morgan fingerprint density at radius 2 is 0.531 bits per heavy atom. The maximum absolute atomic E-state index is 14.6. The molecule has 32 heavy (non-hydrogen) atoms. The van der Waals surface area contributed by atoms with Gasteiger partial charge in [-0.2, -0.15) is 0 Å². The van der Waals surface area contributed by atoms with Gasteiger partial charge in [-0.05, 0) is 16.4 Å². The maximum Gasteiger partial charge on any atom is 0.254 e. The van der Waals surface area contributed by atoms with E-state index in [1.807, 2.05) is 0 Å². The van der Waals surface area contributed by atoms with Crippen LogP contribution >= 0.6 is 0 Å². The Morgan fingerprint density at radius 3 is 0.781 bits per heavy atom. The van der Waals surface area contributed by atoms with Crippen molar-refractivity contribution in [2.24, 2.45) is 0 Å². The van der Waals surface area contributed by atoms with Crippen LogP contribution in [0.25, 0.3) is 0 Å². The van der Waals surface area contributed by atoms with E-state index in [0.717, 1.165) is 0 Å². The number of hydrogen-bond acceptors (Lipinski definition) is 0. The molecule has 0 aromatic heterocycles. The molecule has 0 saturated heterocycles. The summed E-state index contributed by atoms with van der Waals surface area (Å²) in [5.41, 5.74) is -8.58. The molecule has 3 aliphatic rings. The van der Waals surface area contributed by atoms with Crippen LogP contribution in [-0.2, 0) is 0 Å². The highest BCUT2D eigenvalue weighted by molar-refractivity contribution is 6.97. The highest BCUT2D eigenvalue weighted by Crippen LogP contribution is 2.44. The maximum atomic E-state index is 14.6. The number of hydrogen-bond donors (Lipinski definition) is 0. The van der Waals surface area contributed by atoms with Gasteiger partial charge in [0.15, 0.2) is 69.8 Å². The summed E-state index contributed by atoms with van der Waals surface area (Å²) in [5.74, 6) is -31.4. The van der Waals surface area contributed by atoms with Crippen molar-refractivity contribution in [1.29, 1.82) is 0 Å². The topological polar surface area (TPSA) is 0 Å². The zero-order valence-corrected chi connectivity index (χ0v) is 14.7. The van der Waals surface area contributed by atoms with E-state index in [-0.39, 0.29) is 0 Å². The van der Waals surface area contributed by atoms with Crippen LogP contribution in [0, 0.1) is 69.8 Å². The van der Waals surface area contributed by atoms with Crippen molar-refractivity contribution in [3.63, 3.8) is 0 Å². The minimum atomic E-state index is -2.71. The van der Waals surface area contributed by atoms with Gasteiger partial charge in [-0.1, -0.05) is 0 Å². The van der Waals surface area contributed by atoms with Gasteiger partial charge in [-0.15, -0.1) is 0 Å². The molecule has 0 N–H and O–H groups in total. The van der Waals surface area contributed by atoms with E-state index in [1.54, 1.807) is 0 Å². The summed E-state index contributed by atoms with van der Waals surface area (Å²) in [5, 5.41) is 0. The van der Waals surface area contributed by atoms with Crippen molar-refractivity contribution >= 4 is 23.1 Å². The summed E-state index contributed by atoms with van der Waals surface area (Å²) in [6.45, 7) is -2.71. The van der Waals surface area contributed by atoms with Crippen LogP contribution in [0.4, 0.5) is 52.7 Å². The molecule has 3 aromatic carbocycles. The average molecular weight is 468 g/mol. The van der Waals surface area contributed by atoms with Crippen LogP contribution in [0.15, 0.2) is 0 Å². The van der Waals surface area contributed by atoms with E-state index >= 15 is 0 Å². The van der Waals surface area contributed by atoms with E-state index in [9.17, 15) is 52.7 Å². The largest absolute Gasteiger partial charge is 0.254 e. The third-order valence-corrected chi connectivity index (χ3v) is 5.76. The van der Waals surface area contributed by atoms with Gasteiger partial charge in [0, 0.05) is 22.6 Å². The molecule has 3 aromatic rings. The van der Waals surface area contributed by atoms with Crippen LogP contribution in [0.2, 0.25) is 0 Å². The molecule has 0 atom stereocenters. The van der Waals surface area contributed by atoms with Crippen LogP contribution in [0.1, 0.15) is 22.6 Å². The molecular weight excluding hydrogens is 467 g/mol. The summed E-state index contributed by atoms with van der Waals surface area (Å²) < 4.78 is 171. The minimum Gasteiger partial charge on any atom is -0.204 e. The Morgan fingerprint density at radius 1 is 0.312 bits per heavy atom. The molecule has 0 aliphatic carbocycles. The van der Waals surface area contributed by atoms with E-state index in [1.165, 1.54) is 0 Å². The van der Waals surface area contributed by atoms with Crippen LogP contribution < -0.4 is 16.4 Å². The van der Waals surface area contributed by atoms with Gasteiger partial charge < -0.3 is 0 Å². The Labute approximate surface area is 169 Å². The second-order valence-electron chi connectivity index (χ2n) is 7.12. The van der Waals surface area contributed by atoms with Gasteiger partial charge in [-0.25, -0.2) is 52.7 Å². The standard InChI is InChI=1S/C19HBF12/c21-8-2-1-3-6(12(25)18(31)15(28)9(3)22)20(5(2)11(24)17(30)14(8)27)7-4(1)10(23)16(29)19(32)13(7)26/h1H. The molecule has 0 spiro atoms. The van der Waals surface area contributed by atoms with Crippen molar-refractivity contribution in [2.75, 3.05) is 0 Å². The predicted octanol–water partition coefficient (Wildman–Crippen LogP) is 3.68. The molecule has 2 bridgehead atoms. The van der Waals surface area contributed by atoms with Gasteiger partial charge in [0.25, 0.3) is 6.71 Å². The second kappa shape index (κ2) is 6.23. The van der Waals surface area contributed by atoms with Gasteiger partial charge >= 0.3 is 0 Å². The average Bonchev–Trinajstić information content (AvgIpc) is 2.78. The first kappa shape index (κ1) is 20.8. The fourth-order valence-electron chi connectivity index (χ4n) is 4.56. The lowest BCUT2D eigenvalue weighted by Crippen LogP contribution is -2.67. The highest BCUT2D eigenvalue weighted by atomic mass is 19.2. The number of benzene rings is 3. The van der Waals surface area contributed by atoms with Gasteiger partial charge in [0.05, 0.1) is 0 Å². The third kappa shape index (κ3) is 2.09. The first-order valence-corrected chi connectivity index (χ1v) is 8.50. The molecule has 13 heteroatoms. The van der Waals surface area contributed by atoms with Crippen molar-refractivity contribution in [2.45, 2.75) is 5.92 Å².